The second kappa shape index (κ2) is 11.0. The van der Waals surface area contributed by atoms with Gasteiger partial charge in [-0.25, -0.2) is 12.7 Å². The van der Waals surface area contributed by atoms with E-state index in [1.54, 1.807) is 38.5 Å². The number of piperidine rings is 1. The van der Waals surface area contributed by atoms with Crippen LogP contribution in [0.1, 0.15) is 36.9 Å². The van der Waals surface area contributed by atoms with Gasteiger partial charge in [0.1, 0.15) is 0 Å². The third-order valence-electron chi connectivity index (χ3n) is 5.87. The van der Waals surface area contributed by atoms with Gasteiger partial charge >= 0.3 is 0 Å². The van der Waals surface area contributed by atoms with Crippen molar-refractivity contribution in [2.45, 2.75) is 31.6 Å². The van der Waals surface area contributed by atoms with Crippen LogP contribution in [0.5, 0.6) is 11.5 Å². The van der Waals surface area contributed by atoms with Crippen LogP contribution in [0.2, 0.25) is 10.0 Å². The fourth-order valence-electron chi connectivity index (χ4n) is 3.88. The molecule has 2 aromatic rings. The second-order valence-corrected chi connectivity index (χ2v) is 10.8. The van der Waals surface area contributed by atoms with Gasteiger partial charge in [-0.05, 0) is 49.6 Å². The number of halogens is 2. The molecule has 1 N–H and O–H groups in total. The molecule has 33 heavy (non-hydrogen) atoms. The van der Waals surface area contributed by atoms with Crippen LogP contribution in [0.15, 0.2) is 36.4 Å². The molecule has 0 spiro atoms. The Hall–Kier alpha value is -2.00. The molecule has 0 saturated carbocycles. The number of methoxy groups -OCH3 is 2. The number of benzene rings is 2. The van der Waals surface area contributed by atoms with Gasteiger partial charge in [-0.1, -0.05) is 35.3 Å². The maximum Gasteiger partial charge on any atom is 0.223 e. The molecule has 1 atom stereocenters. The molecule has 10 heteroatoms. The smallest absolute Gasteiger partial charge is 0.223 e. The van der Waals surface area contributed by atoms with E-state index in [0.717, 1.165) is 5.56 Å². The zero-order chi connectivity index (χ0) is 24.2. The van der Waals surface area contributed by atoms with Gasteiger partial charge in [0, 0.05) is 34.6 Å². The molecule has 0 radical (unpaired) electrons. The summed E-state index contributed by atoms with van der Waals surface area (Å²) in [6, 6.07) is 10.2. The van der Waals surface area contributed by atoms with Crippen molar-refractivity contribution in [3.05, 3.63) is 57.6 Å². The molecule has 180 valence electrons. The van der Waals surface area contributed by atoms with Crippen molar-refractivity contribution in [3.8, 4) is 11.5 Å². The first-order chi connectivity index (χ1) is 15.7. The molecule has 2 aromatic carbocycles. The zero-order valence-corrected chi connectivity index (χ0v) is 21.1. The van der Waals surface area contributed by atoms with Crippen LogP contribution in [0, 0.1) is 5.92 Å². The van der Waals surface area contributed by atoms with Gasteiger partial charge in [0.05, 0.1) is 26.0 Å². The lowest BCUT2D eigenvalue weighted by molar-refractivity contribution is -0.126. The summed E-state index contributed by atoms with van der Waals surface area (Å²) >= 11 is 12.3. The lowest BCUT2D eigenvalue weighted by atomic mass is 9.96. The summed E-state index contributed by atoms with van der Waals surface area (Å²) in [6.45, 7) is 2.44. The van der Waals surface area contributed by atoms with E-state index in [-0.39, 0.29) is 36.7 Å². The topological polar surface area (TPSA) is 84.9 Å². The predicted octanol–water partition coefficient (Wildman–Crippen LogP) is 4.43. The van der Waals surface area contributed by atoms with Gasteiger partial charge in [-0.2, -0.15) is 0 Å². The summed E-state index contributed by atoms with van der Waals surface area (Å²) in [5, 5.41) is 3.67. The van der Waals surface area contributed by atoms with Crippen LogP contribution in [-0.2, 0) is 20.6 Å². The number of hydrogen-bond donors (Lipinski definition) is 1. The molecule has 1 saturated heterocycles. The summed E-state index contributed by atoms with van der Waals surface area (Å²) in [4.78, 5) is 12.8. The number of nitrogens with zero attached hydrogens (tertiary/aromatic N) is 1. The van der Waals surface area contributed by atoms with Crippen LogP contribution in [0.4, 0.5) is 0 Å². The molecule has 1 fully saturated rings. The van der Waals surface area contributed by atoms with E-state index in [1.807, 2.05) is 19.1 Å². The van der Waals surface area contributed by atoms with Gasteiger partial charge in [0.25, 0.3) is 0 Å². The predicted molar refractivity (Wildman–Crippen MR) is 129 cm³/mol. The molecule has 0 bridgehead atoms. The van der Waals surface area contributed by atoms with Crippen LogP contribution < -0.4 is 14.8 Å². The number of rotatable bonds is 8. The molecule has 1 aliphatic heterocycles. The molecule has 0 unspecified atom stereocenters. The highest BCUT2D eigenvalue weighted by atomic mass is 35.5. The SMILES string of the molecule is COc1ccc([C@H](C)NC(=O)C2CCN(S(=O)(=O)Cc3c(Cl)cccc3Cl)CC2)cc1OC. The molecular formula is C23H28Cl2N2O5S. The molecule has 0 aliphatic carbocycles. The lowest BCUT2D eigenvalue weighted by Crippen LogP contribution is -2.43. The van der Waals surface area contributed by atoms with E-state index in [1.165, 1.54) is 4.31 Å². The number of carbonyl (C=O) groups is 1. The number of carbonyl (C=O) groups excluding carboxylic acids is 1. The highest BCUT2D eigenvalue weighted by Crippen LogP contribution is 2.31. The summed E-state index contributed by atoms with van der Waals surface area (Å²) < 4.78 is 37.8. The minimum absolute atomic E-state index is 0.0940. The van der Waals surface area contributed by atoms with Crippen molar-refractivity contribution >= 4 is 39.1 Å². The molecule has 7 nitrogen and oxygen atoms in total. The Morgan fingerprint density at radius 3 is 2.27 bits per heavy atom. The summed E-state index contributed by atoms with van der Waals surface area (Å²) in [6.07, 6.45) is 0.889. The number of hydrogen-bond acceptors (Lipinski definition) is 5. The Labute approximate surface area is 205 Å². The van der Waals surface area contributed by atoms with Crippen LogP contribution in [0.25, 0.3) is 0 Å². The van der Waals surface area contributed by atoms with Gasteiger partial charge in [-0.3, -0.25) is 4.79 Å². The largest absolute Gasteiger partial charge is 0.493 e. The van der Waals surface area contributed by atoms with Crippen molar-refractivity contribution in [1.82, 2.24) is 9.62 Å². The Morgan fingerprint density at radius 2 is 1.70 bits per heavy atom. The van der Waals surface area contributed by atoms with Crippen molar-refractivity contribution in [1.29, 1.82) is 0 Å². The standard InChI is InChI=1S/C23H28Cl2N2O5S/c1-15(17-7-8-21(31-2)22(13-17)32-3)26-23(28)16-9-11-27(12-10-16)33(29,30)14-18-19(24)5-4-6-20(18)25/h4-8,13,15-16H,9-12,14H2,1-3H3,(H,26,28)/t15-/m0/s1. The quantitative estimate of drug-likeness (QED) is 0.563. The summed E-state index contributed by atoms with van der Waals surface area (Å²) in [5.41, 5.74) is 1.28. The minimum Gasteiger partial charge on any atom is -0.493 e. The monoisotopic (exact) mass is 514 g/mol. The van der Waals surface area contributed by atoms with Crippen LogP contribution >= 0.6 is 23.2 Å². The highest BCUT2D eigenvalue weighted by molar-refractivity contribution is 7.88. The molecule has 1 amide bonds. The minimum atomic E-state index is -3.60. The van der Waals surface area contributed by atoms with Crippen molar-refractivity contribution < 1.29 is 22.7 Å². The Balaban J connectivity index is 1.58. The zero-order valence-electron chi connectivity index (χ0n) is 18.8. The van der Waals surface area contributed by atoms with E-state index in [2.05, 4.69) is 5.32 Å². The molecule has 1 aliphatic rings. The van der Waals surface area contributed by atoms with E-state index in [0.29, 0.717) is 39.9 Å². The van der Waals surface area contributed by atoms with E-state index < -0.39 is 10.0 Å². The van der Waals surface area contributed by atoms with E-state index >= 15 is 0 Å². The molecule has 3 rings (SSSR count). The molecule has 1 heterocycles. The van der Waals surface area contributed by atoms with Gasteiger partial charge in [0.15, 0.2) is 11.5 Å². The molecule has 0 aromatic heterocycles. The summed E-state index contributed by atoms with van der Waals surface area (Å²) in [7, 11) is -0.474. The summed E-state index contributed by atoms with van der Waals surface area (Å²) in [5.74, 6) is 0.588. The van der Waals surface area contributed by atoms with E-state index in [9.17, 15) is 13.2 Å². The maximum atomic E-state index is 12.9. The first-order valence-corrected chi connectivity index (χ1v) is 13.0. The van der Waals surface area contributed by atoms with Crippen LogP contribution in [0.3, 0.4) is 0 Å². The normalized spacial score (nSPS) is 16.3. The average molecular weight is 515 g/mol. The first-order valence-electron chi connectivity index (χ1n) is 10.6. The fourth-order valence-corrected chi connectivity index (χ4v) is 6.19. The van der Waals surface area contributed by atoms with Gasteiger partial charge in [-0.15, -0.1) is 0 Å². The van der Waals surface area contributed by atoms with Crippen molar-refractivity contribution in [2.24, 2.45) is 5.92 Å². The third-order valence-corrected chi connectivity index (χ3v) is 8.39. The van der Waals surface area contributed by atoms with Crippen molar-refractivity contribution in [3.63, 3.8) is 0 Å². The average Bonchev–Trinajstić information content (AvgIpc) is 2.81. The number of nitrogens with one attached hydrogen (secondary N) is 1. The highest BCUT2D eigenvalue weighted by Gasteiger charge is 2.32. The van der Waals surface area contributed by atoms with E-state index in [4.69, 9.17) is 32.7 Å². The van der Waals surface area contributed by atoms with Gasteiger partial charge < -0.3 is 14.8 Å². The third kappa shape index (κ3) is 6.12. The second-order valence-electron chi connectivity index (χ2n) is 7.97. The number of ether oxygens (including phenoxy) is 2. The Morgan fingerprint density at radius 1 is 1.09 bits per heavy atom. The maximum absolute atomic E-state index is 12.9. The Kier molecular flexibility index (Phi) is 8.50. The van der Waals surface area contributed by atoms with Crippen LogP contribution in [-0.4, -0.2) is 45.9 Å². The number of sulfonamides is 1. The first kappa shape index (κ1) is 25.6. The fraction of sp³-hybridized carbons (Fsp3) is 0.435. The van der Waals surface area contributed by atoms with Gasteiger partial charge in [0.2, 0.25) is 15.9 Å². The molecular weight excluding hydrogens is 487 g/mol. The van der Waals surface area contributed by atoms with Crippen molar-refractivity contribution in [2.75, 3.05) is 27.3 Å². The lowest BCUT2D eigenvalue weighted by Gasteiger charge is -2.31. The number of amides is 1. The Bertz CT molecular complexity index is 1080.